The fourth-order valence-electron chi connectivity index (χ4n) is 1.44. The number of nitrogens with one attached hydrogen (secondary N) is 1. The standard InChI is InChI=1S/C12H9Cl2N3O/c1-7-15-11(14)8(6-18)12(16-7)17-10-5-3-2-4-9(10)13/h2-6H,1H3,(H,15,16,17). The molecule has 2 rings (SSSR count). The number of carbonyl (C=O) groups excluding carboxylic acids is 1. The highest BCUT2D eigenvalue weighted by atomic mass is 35.5. The molecule has 92 valence electrons. The first-order valence-electron chi connectivity index (χ1n) is 5.12. The van der Waals surface area contributed by atoms with Gasteiger partial charge in [-0.3, -0.25) is 4.79 Å². The minimum Gasteiger partial charge on any atom is -0.338 e. The maximum Gasteiger partial charge on any atom is 0.156 e. The van der Waals surface area contributed by atoms with Crippen LogP contribution in [0.5, 0.6) is 0 Å². The first-order valence-corrected chi connectivity index (χ1v) is 5.88. The largest absolute Gasteiger partial charge is 0.338 e. The lowest BCUT2D eigenvalue weighted by Crippen LogP contribution is -2.03. The molecule has 18 heavy (non-hydrogen) atoms. The number of benzene rings is 1. The van der Waals surface area contributed by atoms with Crippen LogP contribution in [0.1, 0.15) is 16.2 Å². The molecule has 1 aromatic heterocycles. The zero-order valence-electron chi connectivity index (χ0n) is 9.45. The molecule has 0 saturated heterocycles. The lowest BCUT2D eigenvalue weighted by Gasteiger charge is -2.10. The summed E-state index contributed by atoms with van der Waals surface area (Å²) < 4.78 is 0. The van der Waals surface area contributed by atoms with Gasteiger partial charge in [0.05, 0.1) is 16.3 Å². The molecule has 0 bridgehead atoms. The first kappa shape index (κ1) is 12.8. The molecule has 0 radical (unpaired) electrons. The van der Waals surface area contributed by atoms with Crippen LogP contribution in [0.15, 0.2) is 24.3 Å². The predicted molar refractivity (Wildman–Crippen MR) is 71.9 cm³/mol. The normalized spacial score (nSPS) is 10.2. The number of halogens is 2. The highest BCUT2D eigenvalue weighted by molar-refractivity contribution is 6.33. The highest BCUT2D eigenvalue weighted by Crippen LogP contribution is 2.27. The van der Waals surface area contributed by atoms with Crippen molar-refractivity contribution < 1.29 is 4.79 Å². The SMILES string of the molecule is Cc1nc(Cl)c(C=O)c(Nc2ccccc2Cl)n1. The van der Waals surface area contributed by atoms with Crippen LogP contribution in [-0.2, 0) is 0 Å². The van der Waals surface area contributed by atoms with Crippen LogP contribution >= 0.6 is 23.2 Å². The Morgan fingerprint density at radius 1 is 1.22 bits per heavy atom. The van der Waals surface area contributed by atoms with Gasteiger partial charge in [-0.15, -0.1) is 0 Å². The van der Waals surface area contributed by atoms with Gasteiger partial charge >= 0.3 is 0 Å². The van der Waals surface area contributed by atoms with Crippen LogP contribution in [0.3, 0.4) is 0 Å². The van der Waals surface area contributed by atoms with E-state index in [9.17, 15) is 4.79 Å². The van der Waals surface area contributed by atoms with Gasteiger partial charge < -0.3 is 5.32 Å². The van der Waals surface area contributed by atoms with Gasteiger partial charge in [0, 0.05) is 0 Å². The van der Waals surface area contributed by atoms with Gasteiger partial charge in [0.25, 0.3) is 0 Å². The van der Waals surface area contributed by atoms with Crippen molar-refractivity contribution in [1.29, 1.82) is 0 Å². The van der Waals surface area contributed by atoms with Crippen molar-refractivity contribution in [3.63, 3.8) is 0 Å². The summed E-state index contributed by atoms with van der Waals surface area (Å²) in [6.45, 7) is 1.69. The quantitative estimate of drug-likeness (QED) is 0.689. The molecule has 0 aliphatic heterocycles. The summed E-state index contributed by atoms with van der Waals surface area (Å²) in [5.41, 5.74) is 0.860. The van der Waals surface area contributed by atoms with Crippen LogP contribution in [0.4, 0.5) is 11.5 Å². The number of hydrogen-bond acceptors (Lipinski definition) is 4. The molecule has 1 aromatic carbocycles. The second kappa shape index (κ2) is 5.33. The molecule has 6 heteroatoms. The van der Waals surface area contributed by atoms with Crippen molar-refractivity contribution in [2.45, 2.75) is 6.92 Å². The van der Waals surface area contributed by atoms with Crippen molar-refractivity contribution >= 4 is 41.0 Å². The third-order valence-electron chi connectivity index (χ3n) is 2.26. The molecule has 0 fully saturated rings. The number of rotatable bonds is 3. The van der Waals surface area contributed by atoms with Crippen LogP contribution in [0.2, 0.25) is 10.2 Å². The second-order valence-electron chi connectivity index (χ2n) is 3.55. The molecule has 0 aliphatic rings. The van der Waals surface area contributed by atoms with E-state index in [0.29, 0.717) is 28.6 Å². The maximum atomic E-state index is 11.0. The molecule has 1 N–H and O–H groups in total. The number of hydrogen-bond donors (Lipinski definition) is 1. The van der Waals surface area contributed by atoms with E-state index in [1.807, 2.05) is 12.1 Å². The molecular weight excluding hydrogens is 273 g/mol. The Hall–Kier alpha value is -1.65. The summed E-state index contributed by atoms with van der Waals surface area (Å²) >= 11 is 11.9. The van der Waals surface area contributed by atoms with Crippen molar-refractivity contribution in [3.05, 3.63) is 45.8 Å². The monoisotopic (exact) mass is 281 g/mol. The van der Waals surface area contributed by atoms with E-state index in [1.54, 1.807) is 19.1 Å². The zero-order chi connectivity index (χ0) is 13.1. The summed E-state index contributed by atoms with van der Waals surface area (Å²) in [4.78, 5) is 19.1. The third-order valence-corrected chi connectivity index (χ3v) is 2.87. The fraction of sp³-hybridized carbons (Fsp3) is 0.0833. The van der Waals surface area contributed by atoms with E-state index >= 15 is 0 Å². The van der Waals surface area contributed by atoms with Crippen molar-refractivity contribution in [1.82, 2.24) is 9.97 Å². The number of aldehydes is 1. The fourth-order valence-corrected chi connectivity index (χ4v) is 1.88. The Kier molecular flexibility index (Phi) is 3.79. The molecule has 0 unspecified atom stereocenters. The smallest absolute Gasteiger partial charge is 0.156 e. The number of para-hydroxylation sites is 1. The average molecular weight is 282 g/mol. The Bertz CT molecular complexity index is 602. The summed E-state index contributed by atoms with van der Waals surface area (Å²) in [6.07, 6.45) is 0.612. The van der Waals surface area contributed by atoms with Crippen LogP contribution in [-0.4, -0.2) is 16.3 Å². The summed E-state index contributed by atoms with van der Waals surface area (Å²) in [7, 11) is 0. The van der Waals surface area contributed by atoms with E-state index in [2.05, 4.69) is 15.3 Å². The third kappa shape index (κ3) is 2.60. The number of anilines is 2. The summed E-state index contributed by atoms with van der Waals surface area (Å²) in [5, 5.41) is 3.62. The van der Waals surface area contributed by atoms with E-state index in [1.165, 1.54) is 0 Å². The lowest BCUT2D eigenvalue weighted by atomic mass is 10.3. The average Bonchev–Trinajstić information content (AvgIpc) is 2.31. The zero-order valence-corrected chi connectivity index (χ0v) is 11.0. The van der Waals surface area contributed by atoms with Crippen molar-refractivity contribution in [2.24, 2.45) is 0 Å². The molecule has 2 aromatic rings. The molecule has 0 spiro atoms. The van der Waals surface area contributed by atoms with Gasteiger partial charge in [0.2, 0.25) is 0 Å². The van der Waals surface area contributed by atoms with Gasteiger partial charge in [-0.25, -0.2) is 9.97 Å². The van der Waals surface area contributed by atoms with E-state index < -0.39 is 0 Å². The van der Waals surface area contributed by atoms with Gasteiger partial charge in [0.15, 0.2) is 6.29 Å². The van der Waals surface area contributed by atoms with Crippen molar-refractivity contribution in [2.75, 3.05) is 5.32 Å². The van der Waals surface area contributed by atoms with E-state index in [0.717, 1.165) is 0 Å². The number of aromatic nitrogens is 2. The Balaban J connectivity index is 2.46. The lowest BCUT2D eigenvalue weighted by molar-refractivity contribution is 0.112. The minimum absolute atomic E-state index is 0.118. The van der Waals surface area contributed by atoms with Crippen LogP contribution in [0, 0.1) is 6.92 Å². The number of nitrogens with zero attached hydrogens (tertiary/aromatic N) is 2. The van der Waals surface area contributed by atoms with E-state index in [-0.39, 0.29) is 10.7 Å². The molecular formula is C12H9Cl2N3O. The van der Waals surface area contributed by atoms with Gasteiger partial charge in [-0.2, -0.15) is 0 Å². The molecule has 1 heterocycles. The first-order chi connectivity index (χ1) is 8.61. The summed E-state index contributed by atoms with van der Waals surface area (Å²) in [6, 6.07) is 7.15. The molecule has 4 nitrogen and oxygen atoms in total. The second-order valence-corrected chi connectivity index (χ2v) is 4.31. The van der Waals surface area contributed by atoms with Crippen LogP contribution in [0.25, 0.3) is 0 Å². The van der Waals surface area contributed by atoms with Crippen molar-refractivity contribution in [3.8, 4) is 0 Å². The minimum atomic E-state index is 0.118. The number of carbonyl (C=O) groups is 1. The van der Waals surface area contributed by atoms with E-state index in [4.69, 9.17) is 23.2 Å². The molecule has 0 atom stereocenters. The molecule has 0 amide bonds. The predicted octanol–water partition coefficient (Wildman–Crippen LogP) is 3.65. The number of aryl methyl sites for hydroxylation is 1. The van der Waals surface area contributed by atoms with Gasteiger partial charge in [0.1, 0.15) is 16.8 Å². The Morgan fingerprint density at radius 2 is 1.94 bits per heavy atom. The highest BCUT2D eigenvalue weighted by Gasteiger charge is 2.12. The molecule has 0 aliphatic carbocycles. The Labute approximate surface area is 114 Å². The maximum absolute atomic E-state index is 11.0. The molecule has 0 saturated carbocycles. The topological polar surface area (TPSA) is 54.9 Å². The van der Waals surface area contributed by atoms with Gasteiger partial charge in [-0.05, 0) is 19.1 Å². The van der Waals surface area contributed by atoms with Gasteiger partial charge in [-0.1, -0.05) is 35.3 Å². The summed E-state index contributed by atoms with van der Waals surface area (Å²) in [5.74, 6) is 0.816. The Morgan fingerprint density at radius 3 is 2.61 bits per heavy atom. The van der Waals surface area contributed by atoms with Crippen LogP contribution < -0.4 is 5.32 Å².